The number of H-pyrrole nitrogens is 1. The highest BCUT2D eigenvalue weighted by Gasteiger charge is 2.53. The van der Waals surface area contributed by atoms with Gasteiger partial charge in [-0.2, -0.15) is 5.10 Å². The Bertz CT molecular complexity index is 306. The van der Waals surface area contributed by atoms with Crippen molar-refractivity contribution < 1.29 is 4.39 Å². The fourth-order valence-corrected chi connectivity index (χ4v) is 1.63. The van der Waals surface area contributed by atoms with Gasteiger partial charge in [-0.3, -0.25) is 5.10 Å². The maximum Gasteiger partial charge on any atom is 0.151 e. The molecule has 0 saturated heterocycles. The SMILES string of the molecule is C=C(c1ncn[nH]1)C1CC1(F)P. The normalized spacial score (nSPS) is 33.3. The van der Waals surface area contributed by atoms with Gasteiger partial charge in [0.1, 0.15) is 11.7 Å². The van der Waals surface area contributed by atoms with Crippen molar-refractivity contribution in [2.24, 2.45) is 5.92 Å². The van der Waals surface area contributed by atoms with E-state index in [1.807, 2.05) is 0 Å². The average molecular weight is 185 g/mol. The molecule has 2 rings (SSSR count). The van der Waals surface area contributed by atoms with Crippen molar-refractivity contribution in [2.45, 2.75) is 11.8 Å². The maximum atomic E-state index is 13.1. The van der Waals surface area contributed by atoms with Crippen LogP contribution in [-0.4, -0.2) is 20.6 Å². The van der Waals surface area contributed by atoms with Gasteiger partial charge >= 0.3 is 0 Å². The first-order valence-electron chi connectivity index (χ1n) is 3.63. The van der Waals surface area contributed by atoms with Gasteiger partial charge in [0.2, 0.25) is 0 Å². The van der Waals surface area contributed by atoms with Gasteiger partial charge in [-0.05, 0) is 12.0 Å². The number of aromatic amines is 1. The highest BCUT2D eigenvalue weighted by Crippen LogP contribution is 2.57. The van der Waals surface area contributed by atoms with E-state index in [0.717, 1.165) is 0 Å². The molecule has 64 valence electrons. The summed E-state index contributed by atoms with van der Waals surface area (Å²) in [4.78, 5) is 3.90. The van der Waals surface area contributed by atoms with Crippen LogP contribution in [0.1, 0.15) is 12.2 Å². The van der Waals surface area contributed by atoms with E-state index in [4.69, 9.17) is 0 Å². The van der Waals surface area contributed by atoms with Crippen LogP contribution in [0.15, 0.2) is 12.9 Å². The molecule has 1 aliphatic carbocycles. The van der Waals surface area contributed by atoms with Crippen LogP contribution in [0, 0.1) is 5.92 Å². The van der Waals surface area contributed by atoms with Gasteiger partial charge in [-0.15, -0.1) is 0 Å². The summed E-state index contributed by atoms with van der Waals surface area (Å²) in [5.74, 6) is 0.470. The van der Waals surface area contributed by atoms with Gasteiger partial charge in [0.25, 0.3) is 0 Å². The first-order chi connectivity index (χ1) is 5.61. The van der Waals surface area contributed by atoms with Crippen LogP contribution in [0.25, 0.3) is 5.57 Å². The fraction of sp³-hybridized carbons (Fsp3) is 0.429. The monoisotopic (exact) mass is 185 g/mol. The lowest BCUT2D eigenvalue weighted by atomic mass is 10.2. The molecule has 1 fully saturated rings. The van der Waals surface area contributed by atoms with E-state index in [1.165, 1.54) is 6.33 Å². The minimum atomic E-state index is -1.16. The predicted molar refractivity (Wildman–Crippen MR) is 47.1 cm³/mol. The van der Waals surface area contributed by atoms with E-state index < -0.39 is 5.41 Å². The number of hydrogen-bond donors (Lipinski definition) is 1. The Balaban J connectivity index is 2.14. The van der Waals surface area contributed by atoms with E-state index in [2.05, 4.69) is 31.0 Å². The summed E-state index contributed by atoms with van der Waals surface area (Å²) in [6.07, 6.45) is 1.91. The Hall–Kier alpha value is -0.760. The fourth-order valence-electron chi connectivity index (χ4n) is 1.19. The van der Waals surface area contributed by atoms with E-state index >= 15 is 0 Å². The lowest BCUT2D eigenvalue weighted by Crippen LogP contribution is -1.95. The minimum Gasteiger partial charge on any atom is -0.260 e. The molecule has 0 bridgehead atoms. The molecule has 5 heteroatoms. The zero-order valence-electron chi connectivity index (χ0n) is 6.42. The molecule has 0 aliphatic heterocycles. The standard InChI is InChI=1S/C7H9FN3P/c1-4(5-2-7(5,8)12)6-9-3-10-11-6/h3,5H,1-2,12H2,(H,9,10,11). The second kappa shape index (κ2) is 2.36. The summed E-state index contributed by atoms with van der Waals surface area (Å²) in [5.41, 5.74) is 0.699. The quantitative estimate of drug-likeness (QED) is 0.707. The molecule has 0 aromatic carbocycles. The molecule has 0 spiro atoms. The summed E-state index contributed by atoms with van der Waals surface area (Å²) in [5, 5.41) is 5.17. The third-order valence-electron chi connectivity index (χ3n) is 2.08. The predicted octanol–water partition coefficient (Wildman–Crippen LogP) is 1.38. The highest BCUT2D eigenvalue weighted by molar-refractivity contribution is 7.19. The van der Waals surface area contributed by atoms with E-state index in [-0.39, 0.29) is 5.92 Å². The minimum absolute atomic E-state index is 0.115. The Labute approximate surface area is 71.7 Å². The third kappa shape index (κ3) is 1.16. The van der Waals surface area contributed by atoms with Crippen LogP contribution >= 0.6 is 9.24 Å². The van der Waals surface area contributed by atoms with Gasteiger partial charge in [0.15, 0.2) is 5.82 Å². The molecule has 0 amide bonds. The van der Waals surface area contributed by atoms with Crippen LogP contribution in [0.2, 0.25) is 0 Å². The largest absolute Gasteiger partial charge is 0.260 e. The first kappa shape index (κ1) is 7.87. The number of allylic oxidation sites excluding steroid dienone is 1. The Morgan fingerprint density at radius 2 is 2.58 bits per heavy atom. The molecule has 3 atom stereocenters. The Kier molecular flexibility index (Phi) is 1.55. The van der Waals surface area contributed by atoms with Crippen molar-refractivity contribution >= 4 is 14.8 Å². The number of halogens is 1. The topological polar surface area (TPSA) is 41.6 Å². The zero-order valence-corrected chi connectivity index (χ0v) is 7.57. The van der Waals surface area contributed by atoms with Gasteiger partial charge in [-0.1, -0.05) is 15.8 Å². The van der Waals surface area contributed by atoms with Crippen LogP contribution < -0.4 is 0 Å². The molecule has 3 unspecified atom stereocenters. The number of nitrogens with zero attached hydrogens (tertiary/aromatic N) is 2. The molecule has 1 aromatic heterocycles. The van der Waals surface area contributed by atoms with Crippen molar-refractivity contribution in [3.05, 3.63) is 18.7 Å². The van der Waals surface area contributed by atoms with E-state index in [1.54, 1.807) is 0 Å². The molecule has 1 aromatic rings. The number of aromatic nitrogens is 3. The second-order valence-corrected chi connectivity index (χ2v) is 4.00. The average Bonchev–Trinajstić information content (AvgIpc) is 2.56. The van der Waals surface area contributed by atoms with Crippen LogP contribution in [0.4, 0.5) is 4.39 Å². The summed E-state index contributed by atoms with van der Waals surface area (Å²) >= 11 is 0. The van der Waals surface area contributed by atoms with Crippen LogP contribution in [0.3, 0.4) is 0 Å². The summed E-state index contributed by atoms with van der Waals surface area (Å²) in [7, 11) is 2.19. The number of nitrogens with one attached hydrogen (secondary N) is 1. The third-order valence-corrected chi connectivity index (χ3v) is 2.71. The molecule has 12 heavy (non-hydrogen) atoms. The molecule has 1 aliphatic rings. The van der Waals surface area contributed by atoms with E-state index in [0.29, 0.717) is 17.8 Å². The molecule has 1 saturated carbocycles. The number of hydrogen-bond acceptors (Lipinski definition) is 2. The van der Waals surface area contributed by atoms with Gasteiger partial charge in [-0.25, -0.2) is 9.37 Å². The Morgan fingerprint density at radius 3 is 3.00 bits per heavy atom. The lowest BCUT2D eigenvalue weighted by Gasteiger charge is -2.00. The summed E-state index contributed by atoms with van der Waals surface area (Å²) < 4.78 is 13.1. The molecule has 0 radical (unpaired) electrons. The first-order valence-corrected chi connectivity index (χ1v) is 4.21. The van der Waals surface area contributed by atoms with Crippen molar-refractivity contribution in [1.29, 1.82) is 0 Å². The molecule has 1 heterocycles. The zero-order chi connectivity index (χ0) is 8.77. The van der Waals surface area contributed by atoms with Crippen LogP contribution in [0.5, 0.6) is 0 Å². The van der Waals surface area contributed by atoms with Crippen molar-refractivity contribution in [3.63, 3.8) is 0 Å². The van der Waals surface area contributed by atoms with Crippen molar-refractivity contribution in [3.8, 4) is 0 Å². The highest BCUT2D eigenvalue weighted by atomic mass is 31.0. The van der Waals surface area contributed by atoms with Gasteiger partial charge in [0, 0.05) is 5.92 Å². The smallest absolute Gasteiger partial charge is 0.151 e. The second-order valence-electron chi connectivity index (χ2n) is 3.04. The van der Waals surface area contributed by atoms with Gasteiger partial charge in [0.05, 0.1) is 0 Å². The van der Waals surface area contributed by atoms with Crippen molar-refractivity contribution in [1.82, 2.24) is 15.2 Å². The number of alkyl halides is 1. The molecular formula is C7H9FN3P. The van der Waals surface area contributed by atoms with Crippen molar-refractivity contribution in [2.75, 3.05) is 0 Å². The maximum absolute atomic E-state index is 13.1. The Morgan fingerprint density at radius 1 is 1.92 bits per heavy atom. The molecular weight excluding hydrogens is 176 g/mol. The summed E-state index contributed by atoms with van der Waals surface area (Å²) in [6, 6.07) is 0. The lowest BCUT2D eigenvalue weighted by molar-refractivity contribution is 0.422. The number of rotatable bonds is 2. The molecule has 3 nitrogen and oxygen atoms in total. The van der Waals surface area contributed by atoms with Crippen LogP contribution in [-0.2, 0) is 0 Å². The summed E-state index contributed by atoms with van der Waals surface area (Å²) in [6.45, 7) is 3.77. The molecule has 1 N–H and O–H groups in total. The van der Waals surface area contributed by atoms with E-state index in [9.17, 15) is 4.39 Å². The van der Waals surface area contributed by atoms with Gasteiger partial charge < -0.3 is 0 Å².